The lowest BCUT2D eigenvalue weighted by atomic mass is 10.2. The van der Waals surface area contributed by atoms with Crippen molar-refractivity contribution in [3.63, 3.8) is 0 Å². The number of hydrogen-bond acceptors (Lipinski definition) is 17. The molecule has 1 N–H and O–H groups in total. The van der Waals surface area contributed by atoms with E-state index in [1.165, 1.54) is 7.11 Å². The first-order valence-corrected chi connectivity index (χ1v) is 15.8. The van der Waals surface area contributed by atoms with Gasteiger partial charge in [0.2, 0.25) is 5.78 Å². The normalized spacial score (nSPS) is 11.1. The van der Waals surface area contributed by atoms with Gasteiger partial charge in [-0.15, -0.1) is 0 Å². The number of ketones is 1. The zero-order chi connectivity index (χ0) is 35.2. The monoisotopic (exact) mass is 702 g/mol. The molecule has 0 spiro atoms. The van der Waals surface area contributed by atoms with Crippen LogP contribution >= 0.6 is 0 Å². The van der Waals surface area contributed by atoms with Gasteiger partial charge in [-0.2, -0.15) is 0 Å². The highest BCUT2D eigenvalue weighted by Gasteiger charge is 2.14. The molecule has 0 aliphatic heterocycles. The fourth-order valence-electron chi connectivity index (χ4n) is 3.02. The second kappa shape index (κ2) is 37.5. The number of carbonyl (C=O) groups is 4. The van der Waals surface area contributed by atoms with Crippen molar-refractivity contribution < 1.29 is 85.9 Å². The van der Waals surface area contributed by atoms with Crippen molar-refractivity contribution in [2.24, 2.45) is 0 Å². The molecule has 0 saturated heterocycles. The van der Waals surface area contributed by atoms with E-state index in [0.29, 0.717) is 132 Å². The van der Waals surface area contributed by atoms with Gasteiger partial charge in [0.1, 0.15) is 13.2 Å². The Kier molecular flexibility index (Phi) is 35.6. The quantitative estimate of drug-likeness (QED) is 0.0478. The van der Waals surface area contributed by atoms with Crippen molar-refractivity contribution in [1.29, 1.82) is 0 Å². The molecule has 18 nitrogen and oxygen atoms in total. The Morgan fingerprint density at radius 3 is 0.917 bits per heavy atom. The molecule has 282 valence electrons. The van der Waals surface area contributed by atoms with E-state index < -0.39 is 23.7 Å². The molecule has 0 radical (unpaired) electrons. The Bertz CT molecular complexity index is 768. The minimum Gasteiger partial charge on any atom is -0.476 e. The first-order valence-electron chi connectivity index (χ1n) is 15.8. The SMILES string of the molecule is COC(=O)COCCOCCOCCOCCOCCOCCOCCOCCOCCOCCOCCOC(=O)CCC(=O)C(=O)O. The number of aliphatic carboxylic acids is 1. The molecule has 0 unspecified atom stereocenters. The average molecular weight is 703 g/mol. The second-order valence-electron chi connectivity index (χ2n) is 9.20. The van der Waals surface area contributed by atoms with Crippen LogP contribution in [0.25, 0.3) is 0 Å². The first-order chi connectivity index (χ1) is 23.5. The summed E-state index contributed by atoms with van der Waals surface area (Å²) in [5, 5.41) is 8.44. The van der Waals surface area contributed by atoms with E-state index in [9.17, 15) is 19.2 Å². The predicted octanol–water partition coefficient (Wildman–Crippen LogP) is -0.681. The van der Waals surface area contributed by atoms with Gasteiger partial charge in [0.05, 0.1) is 152 Å². The molecule has 18 heteroatoms. The molecule has 0 atom stereocenters. The number of ether oxygens (including phenoxy) is 13. The van der Waals surface area contributed by atoms with Crippen molar-refractivity contribution in [2.75, 3.05) is 159 Å². The molecule has 0 aliphatic carbocycles. The van der Waals surface area contributed by atoms with Crippen LogP contribution in [0.1, 0.15) is 12.8 Å². The number of esters is 2. The van der Waals surface area contributed by atoms with E-state index in [1.807, 2.05) is 0 Å². The maximum Gasteiger partial charge on any atom is 0.372 e. The topological polar surface area (TPSA) is 208 Å². The van der Waals surface area contributed by atoms with Gasteiger partial charge in [-0.05, 0) is 0 Å². The molecule has 0 fully saturated rings. The molecule has 0 aromatic heterocycles. The van der Waals surface area contributed by atoms with Crippen molar-refractivity contribution >= 4 is 23.7 Å². The average Bonchev–Trinajstić information content (AvgIpc) is 3.08. The highest BCUT2D eigenvalue weighted by Crippen LogP contribution is 1.95. The molecule has 0 aromatic carbocycles. The van der Waals surface area contributed by atoms with Crippen LogP contribution in [0.2, 0.25) is 0 Å². The molecular weight excluding hydrogens is 648 g/mol. The van der Waals surface area contributed by atoms with Gasteiger partial charge in [-0.25, -0.2) is 9.59 Å². The number of carbonyl (C=O) groups excluding carboxylic acids is 3. The van der Waals surface area contributed by atoms with Gasteiger partial charge in [0, 0.05) is 6.42 Å². The lowest BCUT2D eigenvalue weighted by Gasteiger charge is -2.09. The van der Waals surface area contributed by atoms with E-state index in [-0.39, 0.29) is 32.7 Å². The molecule has 0 bridgehead atoms. The summed E-state index contributed by atoms with van der Waals surface area (Å²) in [4.78, 5) is 43.5. The number of hydrogen-bond donors (Lipinski definition) is 1. The Balaban J connectivity index is 3.13. The van der Waals surface area contributed by atoms with Gasteiger partial charge in [-0.3, -0.25) is 9.59 Å². The molecule has 0 rings (SSSR count). The molecule has 0 saturated carbocycles. The summed E-state index contributed by atoms with van der Waals surface area (Å²) in [5.41, 5.74) is 0. The summed E-state index contributed by atoms with van der Waals surface area (Å²) in [6.07, 6.45) is -0.668. The van der Waals surface area contributed by atoms with Crippen LogP contribution in [0.4, 0.5) is 0 Å². The van der Waals surface area contributed by atoms with Crippen molar-refractivity contribution in [2.45, 2.75) is 12.8 Å². The summed E-state index contributed by atoms with van der Waals surface area (Å²) in [7, 11) is 1.31. The zero-order valence-corrected chi connectivity index (χ0v) is 28.1. The van der Waals surface area contributed by atoms with E-state index in [0.717, 1.165) is 0 Å². The molecule has 0 aromatic rings. The summed E-state index contributed by atoms with van der Waals surface area (Å²) in [6, 6.07) is 0. The summed E-state index contributed by atoms with van der Waals surface area (Å²) >= 11 is 0. The highest BCUT2D eigenvalue weighted by atomic mass is 16.6. The second-order valence-corrected chi connectivity index (χ2v) is 9.20. The largest absolute Gasteiger partial charge is 0.476 e. The third-order valence-electron chi connectivity index (χ3n) is 5.45. The van der Waals surface area contributed by atoms with Crippen molar-refractivity contribution in [1.82, 2.24) is 0 Å². The van der Waals surface area contributed by atoms with Gasteiger partial charge in [-0.1, -0.05) is 0 Å². The number of Topliss-reactive ketones (excluding diaryl/α,β-unsaturated/α-hetero) is 1. The zero-order valence-electron chi connectivity index (χ0n) is 28.1. The lowest BCUT2D eigenvalue weighted by Crippen LogP contribution is -2.17. The molecular formula is C30H54O18. The Labute approximate surface area is 281 Å². The number of methoxy groups -OCH3 is 1. The van der Waals surface area contributed by atoms with Gasteiger partial charge < -0.3 is 66.7 Å². The Hall–Kier alpha value is -2.36. The highest BCUT2D eigenvalue weighted by molar-refractivity contribution is 6.32. The van der Waals surface area contributed by atoms with E-state index in [4.69, 9.17) is 61.9 Å². The van der Waals surface area contributed by atoms with Crippen molar-refractivity contribution in [3.8, 4) is 0 Å². The minimum absolute atomic E-state index is 0.00869. The smallest absolute Gasteiger partial charge is 0.372 e. The fraction of sp³-hybridized carbons (Fsp3) is 0.867. The van der Waals surface area contributed by atoms with Crippen LogP contribution < -0.4 is 0 Å². The maximum atomic E-state index is 11.4. The van der Waals surface area contributed by atoms with E-state index in [2.05, 4.69) is 4.74 Å². The minimum atomic E-state index is -1.57. The van der Waals surface area contributed by atoms with Crippen LogP contribution in [-0.2, 0) is 80.8 Å². The lowest BCUT2D eigenvalue weighted by molar-refractivity contribution is -0.151. The standard InChI is InChI=1S/C30H54O18/c1-36-29(33)26-47-23-22-45-19-18-43-15-14-41-11-10-39-7-6-37-4-5-38-8-9-40-12-13-42-16-17-44-20-21-46-24-25-48-28(32)3-2-27(31)30(34)35/h2-26H2,1H3,(H,34,35). The molecule has 0 aliphatic rings. The van der Waals surface area contributed by atoms with Crippen molar-refractivity contribution in [3.05, 3.63) is 0 Å². The van der Waals surface area contributed by atoms with E-state index >= 15 is 0 Å². The molecule has 0 heterocycles. The van der Waals surface area contributed by atoms with Gasteiger partial charge >= 0.3 is 17.9 Å². The first kappa shape index (κ1) is 45.6. The van der Waals surface area contributed by atoms with Crippen LogP contribution in [0.5, 0.6) is 0 Å². The van der Waals surface area contributed by atoms with Crippen LogP contribution in [-0.4, -0.2) is 188 Å². The third kappa shape index (κ3) is 36.5. The maximum absolute atomic E-state index is 11.4. The van der Waals surface area contributed by atoms with Crippen LogP contribution in [0, 0.1) is 0 Å². The Morgan fingerprint density at radius 2 is 0.646 bits per heavy atom. The summed E-state index contributed by atoms with van der Waals surface area (Å²) in [6.45, 7) is 8.58. The van der Waals surface area contributed by atoms with Crippen LogP contribution in [0.3, 0.4) is 0 Å². The Morgan fingerprint density at radius 1 is 0.375 bits per heavy atom. The number of carboxylic acids is 1. The third-order valence-corrected chi connectivity index (χ3v) is 5.45. The fourth-order valence-corrected chi connectivity index (χ4v) is 3.02. The van der Waals surface area contributed by atoms with Crippen LogP contribution in [0.15, 0.2) is 0 Å². The summed E-state index contributed by atoms with van der Waals surface area (Å²) in [5.74, 6) is -3.67. The number of carboxylic acid groups (broad SMARTS) is 1. The summed E-state index contributed by atoms with van der Waals surface area (Å²) < 4.78 is 68.2. The van der Waals surface area contributed by atoms with E-state index in [1.54, 1.807) is 0 Å². The number of rotatable bonds is 39. The predicted molar refractivity (Wildman–Crippen MR) is 164 cm³/mol. The van der Waals surface area contributed by atoms with Gasteiger partial charge in [0.15, 0.2) is 0 Å². The molecule has 48 heavy (non-hydrogen) atoms. The van der Waals surface area contributed by atoms with Gasteiger partial charge in [0.25, 0.3) is 0 Å². The molecule has 0 amide bonds.